The summed E-state index contributed by atoms with van der Waals surface area (Å²) in [5.74, 6) is 0.525. The van der Waals surface area contributed by atoms with Gasteiger partial charge in [-0.15, -0.1) is 0 Å². The number of nitrogens with two attached hydrogens (primary N) is 1. The number of carbonyl (C=O) groups is 2. The van der Waals surface area contributed by atoms with E-state index >= 15 is 0 Å². The first-order valence-corrected chi connectivity index (χ1v) is 9.11. The highest BCUT2D eigenvalue weighted by molar-refractivity contribution is 6.03. The molecule has 3 aromatic rings. The predicted octanol–water partition coefficient (Wildman–Crippen LogP) is 2.19. The monoisotopic (exact) mass is 366 g/mol. The van der Waals surface area contributed by atoms with E-state index in [-0.39, 0.29) is 17.9 Å². The number of nitrogens with zero attached hydrogens (tertiary/aromatic N) is 2. The summed E-state index contributed by atoms with van der Waals surface area (Å²) >= 11 is 0. The molecule has 2 atom stereocenters. The van der Waals surface area contributed by atoms with Crippen molar-refractivity contribution in [1.82, 2.24) is 14.7 Å². The van der Waals surface area contributed by atoms with Gasteiger partial charge in [-0.05, 0) is 25.0 Å². The van der Waals surface area contributed by atoms with E-state index in [4.69, 9.17) is 10.5 Å². The third kappa shape index (κ3) is 2.99. The Hall–Kier alpha value is -3.09. The molecule has 4 rings (SSSR count). The van der Waals surface area contributed by atoms with Gasteiger partial charge < -0.3 is 15.8 Å². The fourth-order valence-corrected chi connectivity index (χ4v) is 3.84. The molecular weight excluding hydrogens is 344 g/mol. The van der Waals surface area contributed by atoms with E-state index in [1.807, 2.05) is 35.7 Å². The minimum Gasteiger partial charge on any atom is -0.489 e. The number of para-hydroxylation sites is 1. The number of hydrogen-bond donors (Lipinski definition) is 2. The van der Waals surface area contributed by atoms with E-state index in [0.29, 0.717) is 30.0 Å². The van der Waals surface area contributed by atoms with E-state index < -0.39 is 5.91 Å². The van der Waals surface area contributed by atoms with Crippen LogP contribution in [0.5, 0.6) is 5.75 Å². The largest absolute Gasteiger partial charge is 0.489 e. The SMILES string of the molecule is CC[C@@H]1CC(=O)N[C@@H]1COc1cccc2cc(C(N)=O)c3nc(C)cn3c12. The Morgan fingerprint density at radius 1 is 1.44 bits per heavy atom. The lowest BCUT2D eigenvalue weighted by Gasteiger charge is -2.19. The first-order valence-electron chi connectivity index (χ1n) is 9.11. The van der Waals surface area contributed by atoms with Crippen molar-refractivity contribution in [2.45, 2.75) is 32.7 Å². The van der Waals surface area contributed by atoms with Gasteiger partial charge in [-0.1, -0.05) is 25.5 Å². The average Bonchev–Trinajstić information content (AvgIpc) is 3.20. The number of rotatable bonds is 5. The zero-order chi connectivity index (χ0) is 19.1. The Labute approximate surface area is 156 Å². The lowest BCUT2D eigenvalue weighted by atomic mass is 9.98. The number of aromatic nitrogens is 2. The van der Waals surface area contributed by atoms with Gasteiger partial charge in [0.2, 0.25) is 5.91 Å². The summed E-state index contributed by atoms with van der Waals surface area (Å²) in [6.07, 6.45) is 3.34. The Morgan fingerprint density at radius 3 is 3.00 bits per heavy atom. The molecule has 1 fully saturated rings. The van der Waals surface area contributed by atoms with Gasteiger partial charge in [0.25, 0.3) is 5.91 Å². The average molecular weight is 366 g/mol. The highest BCUT2D eigenvalue weighted by Crippen LogP contribution is 2.30. The van der Waals surface area contributed by atoms with Crippen LogP contribution in [-0.2, 0) is 4.79 Å². The van der Waals surface area contributed by atoms with Crippen LogP contribution in [0.4, 0.5) is 0 Å². The number of carbonyl (C=O) groups excluding carboxylic acids is 2. The molecule has 0 radical (unpaired) electrons. The molecule has 1 aliphatic heterocycles. The Bertz CT molecular complexity index is 1060. The van der Waals surface area contributed by atoms with E-state index in [1.165, 1.54) is 0 Å². The van der Waals surface area contributed by atoms with Crippen LogP contribution in [0.3, 0.4) is 0 Å². The second kappa shape index (κ2) is 6.57. The summed E-state index contributed by atoms with van der Waals surface area (Å²) < 4.78 is 7.97. The highest BCUT2D eigenvalue weighted by Gasteiger charge is 2.31. The second-order valence-corrected chi connectivity index (χ2v) is 7.05. The number of benzene rings is 1. The van der Waals surface area contributed by atoms with Crippen LogP contribution >= 0.6 is 0 Å². The molecule has 27 heavy (non-hydrogen) atoms. The summed E-state index contributed by atoms with van der Waals surface area (Å²) in [6, 6.07) is 7.43. The maximum Gasteiger partial charge on any atom is 0.252 e. The van der Waals surface area contributed by atoms with Gasteiger partial charge in [0.15, 0.2) is 5.65 Å². The summed E-state index contributed by atoms with van der Waals surface area (Å²) in [4.78, 5) is 28.0. The van der Waals surface area contributed by atoms with Crippen molar-refractivity contribution < 1.29 is 14.3 Å². The fraction of sp³-hybridized carbons (Fsp3) is 0.350. The topological polar surface area (TPSA) is 98.7 Å². The van der Waals surface area contributed by atoms with E-state index in [0.717, 1.165) is 23.0 Å². The zero-order valence-corrected chi connectivity index (χ0v) is 15.4. The van der Waals surface area contributed by atoms with Gasteiger partial charge in [0.1, 0.15) is 12.4 Å². The summed E-state index contributed by atoms with van der Waals surface area (Å²) in [5.41, 5.74) is 8.05. The Morgan fingerprint density at radius 2 is 2.26 bits per heavy atom. The molecule has 2 amide bonds. The van der Waals surface area contributed by atoms with E-state index in [1.54, 1.807) is 6.07 Å². The molecular formula is C20H22N4O3. The zero-order valence-electron chi connectivity index (χ0n) is 15.4. The number of aryl methyl sites for hydroxylation is 1. The minimum atomic E-state index is -0.515. The first kappa shape index (κ1) is 17.3. The molecule has 0 spiro atoms. The fourth-order valence-electron chi connectivity index (χ4n) is 3.84. The van der Waals surface area contributed by atoms with E-state index in [9.17, 15) is 9.59 Å². The smallest absolute Gasteiger partial charge is 0.252 e. The number of fused-ring (bicyclic) bond motifs is 3. The van der Waals surface area contributed by atoms with Gasteiger partial charge in [-0.2, -0.15) is 0 Å². The normalized spacial score (nSPS) is 19.6. The van der Waals surface area contributed by atoms with Crippen molar-refractivity contribution in [2.24, 2.45) is 11.7 Å². The van der Waals surface area contributed by atoms with Gasteiger partial charge >= 0.3 is 0 Å². The molecule has 2 aromatic heterocycles. The molecule has 1 saturated heterocycles. The molecule has 0 bridgehead atoms. The van der Waals surface area contributed by atoms with Crippen LogP contribution in [-0.4, -0.2) is 33.8 Å². The number of ether oxygens (including phenoxy) is 1. The van der Waals surface area contributed by atoms with Crippen molar-refractivity contribution in [3.8, 4) is 5.75 Å². The summed E-state index contributed by atoms with van der Waals surface area (Å²) in [5, 5.41) is 3.84. The van der Waals surface area contributed by atoms with Crippen LogP contribution in [0.1, 0.15) is 35.8 Å². The summed E-state index contributed by atoms with van der Waals surface area (Å²) in [7, 11) is 0. The Kier molecular flexibility index (Phi) is 4.22. The third-order valence-corrected chi connectivity index (χ3v) is 5.21. The molecule has 0 saturated carbocycles. The first-order chi connectivity index (χ1) is 13.0. The van der Waals surface area contributed by atoms with Gasteiger partial charge in [-0.25, -0.2) is 4.98 Å². The van der Waals surface area contributed by atoms with Gasteiger partial charge in [-0.3, -0.25) is 14.0 Å². The molecule has 1 aromatic carbocycles. The minimum absolute atomic E-state index is 0.00247. The number of hydrogen-bond acceptors (Lipinski definition) is 4. The van der Waals surface area contributed by atoms with Crippen molar-refractivity contribution >= 4 is 28.4 Å². The van der Waals surface area contributed by atoms with E-state index in [2.05, 4.69) is 17.2 Å². The standard InChI is InChI=1S/C20H22N4O3/c1-3-12-8-17(25)23-15(12)10-27-16-6-4-5-13-7-14(19(21)26)20-22-11(2)9-24(20)18(13)16/h4-7,9,12,15H,3,8,10H2,1-2H3,(H2,21,26)(H,23,25)/t12-,15-/m1/s1. The van der Waals surface area contributed by atoms with Crippen molar-refractivity contribution in [2.75, 3.05) is 6.61 Å². The maximum atomic E-state index is 11.8. The summed E-state index contributed by atoms with van der Waals surface area (Å²) in [6.45, 7) is 4.35. The molecule has 0 unspecified atom stereocenters. The van der Waals surface area contributed by atoms with Gasteiger partial charge in [0.05, 0.1) is 22.8 Å². The number of imidazole rings is 1. The quantitative estimate of drug-likeness (QED) is 0.723. The molecule has 3 heterocycles. The van der Waals surface area contributed by atoms with Crippen molar-refractivity contribution in [1.29, 1.82) is 0 Å². The molecule has 1 aliphatic rings. The molecule has 7 nitrogen and oxygen atoms in total. The lowest BCUT2D eigenvalue weighted by molar-refractivity contribution is -0.119. The number of amides is 2. The highest BCUT2D eigenvalue weighted by atomic mass is 16.5. The molecule has 0 aliphatic carbocycles. The maximum absolute atomic E-state index is 11.8. The van der Waals surface area contributed by atoms with Crippen LogP contribution in [0.2, 0.25) is 0 Å². The molecule has 140 valence electrons. The van der Waals surface area contributed by atoms with Crippen LogP contribution < -0.4 is 15.8 Å². The number of pyridine rings is 1. The Balaban J connectivity index is 1.77. The predicted molar refractivity (Wildman–Crippen MR) is 102 cm³/mol. The van der Waals surface area contributed by atoms with Crippen LogP contribution in [0.15, 0.2) is 30.5 Å². The second-order valence-electron chi connectivity index (χ2n) is 7.05. The van der Waals surface area contributed by atoms with Gasteiger partial charge in [0, 0.05) is 18.0 Å². The molecule has 3 N–H and O–H groups in total. The van der Waals surface area contributed by atoms with Crippen LogP contribution in [0, 0.1) is 12.8 Å². The number of nitrogens with one attached hydrogen (secondary N) is 1. The molecule has 7 heteroatoms. The van der Waals surface area contributed by atoms with Crippen molar-refractivity contribution in [3.05, 3.63) is 41.7 Å². The number of primary amides is 1. The third-order valence-electron chi connectivity index (χ3n) is 5.21. The lowest BCUT2D eigenvalue weighted by Crippen LogP contribution is -2.34. The van der Waals surface area contributed by atoms with Crippen molar-refractivity contribution in [3.63, 3.8) is 0 Å². The van der Waals surface area contributed by atoms with Crippen LogP contribution in [0.25, 0.3) is 16.6 Å².